The van der Waals surface area contributed by atoms with Gasteiger partial charge in [0, 0.05) is 11.3 Å². The number of rotatable bonds is 5. The molecule has 1 N–H and O–H groups in total. The van der Waals surface area contributed by atoms with E-state index in [0.29, 0.717) is 0 Å². The number of aryl methyl sites for hydroxylation is 1. The SMILES string of the molecule is CCCc1nnc(NCc2cccs2)s1. The quantitative estimate of drug-likeness (QED) is 0.871. The molecule has 0 atom stereocenters. The highest BCUT2D eigenvalue weighted by atomic mass is 32.1. The van der Waals surface area contributed by atoms with Gasteiger partial charge >= 0.3 is 0 Å². The molecule has 5 heteroatoms. The van der Waals surface area contributed by atoms with Crippen molar-refractivity contribution in [3.05, 3.63) is 27.4 Å². The van der Waals surface area contributed by atoms with E-state index in [0.717, 1.165) is 29.5 Å². The Kier molecular flexibility index (Phi) is 3.69. The summed E-state index contributed by atoms with van der Waals surface area (Å²) in [6, 6.07) is 4.18. The summed E-state index contributed by atoms with van der Waals surface area (Å²) < 4.78 is 0. The van der Waals surface area contributed by atoms with Crippen LogP contribution in [-0.2, 0) is 13.0 Å². The number of aromatic nitrogens is 2. The summed E-state index contributed by atoms with van der Waals surface area (Å²) in [6.45, 7) is 3.00. The van der Waals surface area contributed by atoms with Crippen LogP contribution in [0.1, 0.15) is 23.2 Å². The summed E-state index contributed by atoms with van der Waals surface area (Å²) in [5, 5.41) is 15.6. The van der Waals surface area contributed by atoms with E-state index in [4.69, 9.17) is 0 Å². The lowest BCUT2D eigenvalue weighted by Crippen LogP contribution is -1.96. The van der Waals surface area contributed by atoms with Crippen molar-refractivity contribution in [2.24, 2.45) is 0 Å². The highest BCUT2D eigenvalue weighted by Gasteiger charge is 2.02. The summed E-state index contributed by atoms with van der Waals surface area (Å²) in [5.41, 5.74) is 0. The van der Waals surface area contributed by atoms with Gasteiger partial charge in [0.2, 0.25) is 5.13 Å². The largest absolute Gasteiger partial charge is 0.355 e. The molecule has 0 aliphatic rings. The van der Waals surface area contributed by atoms with Crippen molar-refractivity contribution in [1.82, 2.24) is 10.2 Å². The Morgan fingerprint density at radius 2 is 2.33 bits per heavy atom. The Labute approximate surface area is 97.2 Å². The van der Waals surface area contributed by atoms with Crippen molar-refractivity contribution in [2.75, 3.05) is 5.32 Å². The number of hydrogen-bond donors (Lipinski definition) is 1. The zero-order valence-corrected chi connectivity index (χ0v) is 10.2. The zero-order chi connectivity index (χ0) is 10.5. The summed E-state index contributed by atoms with van der Waals surface area (Å²) in [5.74, 6) is 0. The van der Waals surface area contributed by atoms with E-state index < -0.39 is 0 Å². The minimum Gasteiger partial charge on any atom is -0.355 e. The van der Waals surface area contributed by atoms with E-state index >= 15 is 0 Å². The Bertz CT molecular complexity index is 394. The maximum Gasteiger partial charge on any atom is 0.205 e. The van der Waals surface area contributed by atoms with Crippen LogP contribution in [0.5, 0.6) is 0 Å². The highest BCUT2D eigenvalue weighted by molar-refractivity contribution is 7.15. The normalized spacial score (nSPS) is 10.5. The smallest absolute Gasteiger partial charge is 0.205 e. The van der Waals surface area contributed by atoms with Gasteiger partial charge in [-0.25, -0.2) is 0 Å². The third-order valence-electron chi connectivity index (χ3n) is 1.92. The van der Waals surface area contributed by atoms with Crippen LogP contribution >= 0.6 is 22.7 Å². The van der Waals surface area contributed by atoms with Gasteiger partial charge < -0.3 is 5.32 Å². The lowest BCUT2D eigenvalue weighted by molar-refractivity contribution is 0.878. The topological polar surface area (TPSA) is 37.8 Å². The first-order valence-corrected chi connectivity index (χ1v) is 6.66. The summed E-state index contributed by atoms with van der Waals surface area (Å²) >= 11 is 3.40. The molecule has 2 heterocycles. The monoisotopic (exact) mass is 239 g/mol. The van der Waals surface area contributed by atoms with Gasteiger partial charge in [0.05, 0.1) is 6.54 Å². The molecule has 0 saturated carbocycles. The maximum atomic E-state index is 4.12. The van der Waals surface area contributed by atoms with Crippen LogP contribution in [0.25, 0.3) is 0 Å². The summed E-state index contributed by atoms with van der Waals surface area (Å²) in [6.07, 6.45) is 2.15. The van der Waals surface area contributed by atoms with Gasteiger partial charge in [-0.15, -0.1) is 21.5 Å². The molecule has 2 aromatic heterocycles. The minimum absolute atomic E-state index is 0.846. The molecule has 0 spiro atoms. The molecule has 0 fully saturated rings. The summed E-state index contributed by atoms with van der Waals surface area (Å²) in [7, 11) is 0. The fraction of sp³-hybridized carbons (Fsp3) is 0.400. The van der Waals surface area contributed by atoms with Crippen molar-refractivity contribution in [2.45, 2.75) is 26.3 Å². The third kappa shape index (κ3) is 3.00. The maximum absolute atomic E-state index is 4.12. The Morgan fingerprint density at radius 1 is 1.40 bits per heavy atom. The van der Waals surface area contributed by atoms with Gasteiger partial charge in [0.1, 0.15) is 5.01 Å². The molecule has 0 radical (unpaired) electrons. The first-order valence-electron chi connectivity index (χ1n) is 4.97. The van der Waals surface area contributed by atoms with E-state index in [1.54, 1.807) is 22.7 Å². The van der Waals surface area contributed by atoms with Crippen LogP contribution in [-0.4, -0.2) is 10.2 Å². The van der Waals surface area contributed by atoms with Gasteiger partial charge in [-0.2, -0.15) is 0 Å². The molecule has 2 rings (SSSR count). The number of nitrogens with one attached hydrogen (secondary N) is 1. The highest BCUT2D eigenvalue weighted by Crippen LogP contribution is 2.18. The fourth-order valence-corrected chi connectivity index (χ4v) is 2.70. The van der Waals surface area contributed by atoms with Crippen molar-refractivity contribution >= 4 is 27.8 Å². The predicted molar refractivity (Wildman–Crippen MR) is 65.5 cm³/mol. The van der Waals surface area contributed by atoms with Gasteiger partial charge in [0.15, 0.2) is 0 Å². The lowest BCUT2D eigenvalue weighted by atomic mass is 10.4. The summed E-state index contributed by atoms with van der Waals surface area (Å²) in [4.78, 5) is 1.32. The molecular weight excluding hydrogens is 226 g/mol. The van der Waals surface area contributed by atoms with Crippen LogP contribution in [0.4, 0.5) is 5.13 Å². The molecular formula is C10H13N3S2. The third-order valence-corrected chi connectivity index (χ3v) is 3.74. The number of hydrogen-bond acceptors (Lipinski definition) is 5. The van der Waals surface area contributed by atoms with Crippen LogP contribution in [0.3, 0.4) is 0 Å². The van der Waals surface area contributed by atoms with E-state index in [-0.39, 0.29) is 0 Å². The molecule has 0 saturated heterocycles. The standard InChI is InChI=1S/C10H13N3S2/c1-2-4-9-12-13-10(15-9)11-7-8-5-3-6-14-8/h3,5-6H,2,4,7H2,1H3,(H,11,13). The number of nitrogens with zero attached hydrogens (tertiary/aromatic N) is 2. The second-order valence-corrected chi connectivity index (χ2v) is 5.28. The van der Waals surface area contributed by atoms with Gasteiger partial charge in [-0.05, 0) is 17.9 Å². The average Bonchev–Trinajstić information content (AvgIpc) is 2.85. The van der Waals surface area contributed by atoms with E-state index in [9.17, 15) is 0 Å². The molecule has 80 valence electrons. The Morgan fingerprint density at radius 3 is 3.07 bits per heavy atom. The van der Waals surface area contributed by atoms with Gasteiger partial charge in [-0.3, -0.25) is 0 Å². The molecule has 0 bridgehead atoms. The molecule has 0 aliphatic carbocycles. The number of anilines is 1. The Hall–Kier alpha value is -0.940. The van der Waals surface area contributed by atoms with Crippen LogP contribution in [0, 0.1) is 0 Å². The fourth-order valence-electron chi connectivity index (χ4n) is 1.22. The van der Waals surface area contributed by atoms with Crippen molar-refractivity contribution in [3.63, 3.8) is 0 Å². The predicted octanol–water partition coefficient (Wildman–Crippen LogP) is 3.16. The molecule has 3 nitrogen and oxygen atoms in total. The second-order valence-electron chi connectivity index (χ2n) is 3.18. The molecule has 0 aromatic carbocycles. The van der Waals surface area contributed by atoms with E-state index in [1.807, 2.05) is 0 Å². The first-order chi connectivity index (χ1) is 7.38. The second kappa shape index (κ2) is 5.23. The van der Waals surface area contributed by atoms with Gasteiger partial charge in [-0.1, -0.05) is 24.3 Å². The van der Waals surface area contributed by atoms with Crippen LogP contribution in [0.15, 0.2) is 17.5 Å². The molecule has 0 aliphatic heterocycles. The Balaban J connectivity index is 1.88. The molecule has 0 unspecified atom stereocenters. The van der Waals surface area contributed by atoms with E-state index in [1.165, 1.54) is 4.88 Å². The zero-order valence-electron chi connectivity index (χ0n) is 8.56. The molecule has 15 heavy (non-hydrogen) atoms. The molecule has 2 aromatic rings. The van der Waals surface area contributed by atoms with Gasteiger partial charge in [0.25, 0.3) is 0 Å². The van der Waals surface area contributed by atoms with E-state index in [2.05, 4.69) is 40.0 Å². The van der Waals surface area contributed by atoms with Crippen LogP contribution < -0.4 is 5.32 Å². The average molecular weight is 239 g/mol. The van der Waals surface area contributed by atoms with Crippen molar-refractivity contribution in [1.29, 1.82) is 0 Å². The minimum atomic E-state index is 0.846. The van der Waals surface area contributed by atoms with Crippen molar-refractivity contribution < 1.29 is 0 Å². The lowest BCUT2D eigenvalue weighted by Gasteiger charge is -1.97. The first kappa shape index (κ1) is 10.6. The van der Waals surface area contributed by atoms with Crippen molar-refractivity contribution in [3.8, 4) is 0 Å². The number of thiophene rings is 1. The van der Waals surface area contributed by atoms with Crippen LogP contribution in [0.2, 0.25) is 0 Å². The molecule has 0 amide bonds.